The minimum Gasteiger partial charge on any atom is -0.488 e. The molecule has 0 atom stereocenters. The van der Waals surface area contributed by atoms with Crippen LogP contribution in [0, 0.1) is 0 Å². The van der Waals surface area contributed by atoms with Crippen LogP contribution < -0.4 is 10.2 Å². The standard InChI is InChI=1S/C16H17ClN2O2/c17-15-7-3-1-6-14(15)12-21-16-8-4-2-5-13(16)11-19-18-9-10-20/h1-8,11,18,20H,9-10,12H2. The van der Waals surface area contributed by atoms with Crippen molar-refractivity contribution < 1.29 is 9.84 Å². The van der Waals surface area contributed by atoms with E-state index >= 15 is 0 Å². The lowest BCUT2D eigenvalue weighted by atomic mass is 10.2. The number of aliphatic hydroxyl groups excluding tert-OH is 1. The van der Waals surface area contributed by atoms with Gasteiger partial charge in [-0.1, -0.05) is 41.9 Å². The van der Waals surface area contributed by atoms with Gasteiger partial charge in [-0.25, -0.2) is 0 Å². The van der Waals surface area contributed by atoms with Crippen LogP contribution in [0.1, 0.15) is 11.1 Å². The van der Waals surface area contributed by atoms with Gasteiger partial charge in [0.1, 0.15) is 12.4 Å². The van der Waals surface area contributed by atoms with Gasteiger partial charge >= 0.3 is 0 Å². The summed E-state index contributed by atoms with van der Waals surface area (Å²) in [6.45, 7) is 0.857. The van der Waals surface area contributed by atoms with Gasteiger partial charge < -0.3 is 15.3 Å². The molecule has 0 aliphatic carbocycles. The fourth-order valence-corrected chi connectivity index (χ4v) is 1.91. The number of rotatable bonds is 7. The van der Waals surface area contributed by atoms with Crippen molar-refractivity contribution in [1.82, 2.24) is 5.43 Å². The largest absolute Gasteiger partial charge is 0.488 e. The maximum absolute atomic E-state index is 8.68. The number of aliphatic hydroxyl groups is 1. The van der Waals surface area contributed by atoms with Gasteiger partial charge in [-0.05, 0) is 18.2 Å². The highest BCUT2D eigenvalue weighted by molar-refractivity contribution is 6.31. The third-order valence-corrected chi connectivity index (χ3v) is 3.15. The molecule has 0 bridgehead atoms. The van der Waals surface area contributed by atoms with E-state index in [-0.39, 0.29) is 6.61 Å². The van der Waals surface area contributed by atoms with Crippen LogP contribution in [-0.2, 0) is 6.61 Å². The van der Waals surface area contributed by atoms with Crippen molar-refractivity contribution in [2.75, 3.05) is 13.2 Å². The fourth-order valence-electron chi connectivity index (χ4n) is 1.72. The molecule has 2 aromatic carbocycles. The van der Waals surface area contributed by atoms with Crippen molar-refractivity contribution >= 4 is 17.8 Å². The molecule has 2 rings (SSSR count). The second kappa shape index (κ2) is 8.29. The number of nitrogens with one attached hydrogen (secondary N) is 1. The van der Waals surface area contributed by atoms with E-state index in [4.69, 9.17) is 21.4 Å². The highest BCUT2D eigenvalue weighted by Crippen LogP contribution is 2.20. The predicted octanol–water partition coefficient (Wildman–Crippen LogP) is 2.83. The monoisotopic (exact) mass is 304 g/mol. The van der Waals surface area contributed by atoms with Crippen molar-refractivity contribution in [1.29, 1.82) is 0 Å². The maximum Gasteiger partial charge on any atom is 0.128 e. The van der Waals surface area contributed by atoms with Gasteiger partial charge in [-0.2, -0.15) is 5.10 Å². The van der Waals surface area contributed by atoms with E-state index < -0.39 is 0 Å². The Hall–Kier alpha value is -2.04. The number of nitrogens with zero attached hydrogens (tertiary/aromatic N) is 1. The van der Waals surface area contributed by atoms with E-state index in [1.165, 1.54) is 0 Å². The van der Waals surface area contributed by atoms with E-state index in [2.05, 4.69) is 10.5 Å². The summed E-state index contributed by atoms with van der Waals surface area (Å²) in [5, 5.41) is 13.4. The quantitative estimate of drug-likeness (QED) is 0.470. The average Bonchev–Trinajstić information content (AvgIpc) is 2.52. The highest BCUT2D eigenvalue weighted by Gasteiger charge is 2.03. The Labute approximate surface area is 129 Å². The average molecular weight is 305 g/mol. The number of hydrazone groups is 1. The molecule has 0 saturated carbocycles. The number of halogens is 1. The van der Waals surface area contributed by atoms with E-state index in [1.807, 2.05) is 48.5 Å². The summed E-state index contributed by atoms with van der Waals surface area (Å²) in [6.07, 6.45) is 1.66. The van der Waals surface area contributed by atoms with Gasteiger partial charge in [0.25, 0.3) is 0 Å². The zero-order chi connectivity index (χ0) is 14.9. The molecule has 0 saturated heterocycles. The lowest BCUT2D eigenvalue weighted by Gasteiger charge is -2.10. The number of para-hydroxylation sites is 1. The topological polar surface area (TPSA) is 53.8 Å². The van der Waals surface area contributed by atoms with Crippen molar-refractivity contribution in [2.45, 2.75) is 6.61 Å². The van der Waals surface area contributed by atoms with Crippen LogP contribution in [0.2, 0.25) is 5.02 Å². The third kappa shape index (κ3) is 4.77. The number of ether oxygens (including phenoxy) is 1. The smallest absolute Gasteiger partial charge is 0.128 e. The van der Waals surface area contributed by atoms with E-state index in [0.717, 1.165) is 16.9 Å². The van der Waals surface area contributed by atoms with Gasteiger partial charge in [-0.15, -0.1) is 0 Å². The fraction of sp³-hybridized carbons (Fsp3) is 0.188. The van der Waals surface area contributed by atoms with Crippen LogP contribution in [0.5, 0.6) is 5.75 Å². The summed E-state index contributed by atoms with van der Waals surface area (Å²) in [7, 11) is 0. The van der Waals surface area contributed by atoms with Crippen molar-refractivity contribution in [3.63, 3.8) is 0 Å². The SMILES string of the molecule is OCCNN=Cc1ccccc1OCc1ccccc1Cl. The molecular formula is C16H17ClN2O2. The summed E-state index contributed by atoms with van der Waals surface area (Å²) in [5.41, 5.74) is 4.53. The zero-order valence-corrected chi connectivity index (χ0v) is 12.3. The molecule has 2 N–H and O–H groups in total. The van der Waals surface area contributed by atoms with Crippen LogP contribution in [0.3, 0.4) is 0 Å². The maximum atomic E-state index is 8.68. The summed E-state index contributed by atoms with van der Waals surface area (Å²) in [5.74, 6) is 0.729. The molecule has 4 nitrogen and oxygen atoms in total. The summed E-state index contributed by atoms with van der Waals surface area (Å²) < 4.78 is 5.81. The van der Waals surface area contributed by atoms with E-state index in [9.17, 15) is 0 Å². The first-order valence-corrected chi connectivity index (χ1v) is 7.01. The molecule has 0 aliphatic heterocycles. The normalized spacial score (nSPS) is 10.8. The van der Waals surface area contributed by atoms with Crippen molar-refractivity contribution in [3.05, 3.63) is 64.7 Å². The molecule has 0 heterocycles. The Morgan fingerprint density at radius 3 is 2.71 bits per heavy atom. The Morgan fingerprint density at radius 2 is 1.90 bits per heavy atom. The molecule has 2 aromatic rings. The number of benzene rings is 2. The molecule has 110 valence electrons. The van der Waals surface area contributed by atoms with Gasteiger partial charge in [0.15, 0.2) is 0 Å². The summed E-state index contributed by atoms with van der Waals surface area (Å²) in [4.78, 5) is 0. The van der Waals surface area contributed by atoms with Crippen molar-refractivity contribution in [2.24, 2.45) is 5.10 Å². The van der Waals surface area contributed by atoms with Crippen LogP contribution >= 0.6 is 11.6 Å². The second-order valence-corrected chi connectivity index (χ2v) is 4.72. The zero-order valence-electron chi connectivity index (χ0n) is 11.5. The first-order valence-electron chi connectivity index (χ1n) is 6.63. The molecular weight excluding hydrogens is 288 g/mol. The Kier molecular flexibility index (Phi) is 6.06. The molecule has 21 heavy (non-hydrogen) atoms. The van der Waals surface area contributed by atoms with E-state index in [0.29, 0.717) is 18.2 Å². The molecule has 5 heteroatoms. The van der Waals surface area contributed by atoms with Gasteiger partial charge in [-0.3, -0.25) is 0 Å². The van der Waals surface area contributed by atoms with Gasteiger partial charge in [0.05, 0.1) is 19.4 Å². The number of hydrogen-bond donors (Lipinski definition) is 2. The van der Waals surface area contributed by atoms with Crippen LogP contribution in [-0.4, -0.2) is 24.5 Å². The Balaban J connectivity index is 2.03. The Morgan fingerprint density at radius 1 is 1.14 bits per heavy atom. The van der Waals surface area contributed by atoms with Crippen LogP contribution in [0.4, 0.5) is 0 Å². The minimum atomic E-state index is 0.0436. The highest BCUT2D eigenvalue weighted by atomic mass is 35.5. The second-order valence-electron chi connectivity index (χ2n) is 4.31. The third-order valence-electron chi connectivity index (χ3n) is 2.78. The number of hydrogen-bond acceptors (Lipinski definition) is 4. The van der Waals surface area contributed by atoms with Crippen LogP contribution in [0.25, 0.3) is 0 Å². The molecule has 0 radical (unpaired) electrons. The molecule has 0 amide bonds. The molecule has 0 spiro atoms. The molecule has 0 aliphatic rings. The van der Waals surface area contributed by atoms with E-state index in [1.54, 1.807) is 6.21 Å². The predicted molar refractivity (Wildman–Crippen MR) is 84.9 cm³/mol. The van der Waals surface area contributed by atoms with Gasteiger partial charge in [0.2, 0.25) is 0 Å². The van der Waals surface area contributed by atoms with Crippen molar-refractivity contribution in [3.8, 4) is 5.75 Å². The minimum absolute atomic E-state index is 0.0436. The first-order chi connectivity index (χ1) is 10.3. The Bertz CT molecular complexity index is 602. The lowest BCUT2D eigenvalue weighted by Crippen LogP contribution is -2.11. The molecule has 0 aromatic heterocycles. The van der Waals surface area contributed by atoms with Gasteiger partial charge in [0, 0.05) is 16.1 Å². The first kappa shape index (κ1) is 15.4. The van der Waals surface area contributed by atoms with Crippen LogP contribution in [0.15, 0.2) is 53.6 Å². The molecule has 0 unspecified atom stereocenters. The summed E-state index contributed by atoms with van der Waals surface area (Å²) >= 11 is 6.11. The summed E-state index contributed by atoms with van der Waals surface area (Å²) in [6, 6.07) is 15.2. The lowest BCUT2D eigenvalue weighted by molar-refractivity contribution is 0.293. The molecule has 0 fully saturated rings.